The predicted octanol–water partition coefficient (Wildman–Crippen LogP) is 3.03. The number of pyridine rings is 1. The van der Waals surface area contributed by atoms with Crippen LogP contribution in [0.4, 0.5) is 4.79 Å². The number of hydrogen-bond acceptors (Lipinski definition) is 3. The van der Waals surface area contributed by atoms with Gasteiger partial charge in [0.1, 0.15) is 10.8 Å². The summed E-state index contributed by atoms with van der Waals surface area (Å²) in [6.07, 6.45) is 2.11. The molecule has 0 aliphatic carbocycles. The van der Waals surface area contributed by atoms with Gasteiger partial charge in [-0.3, -0.25) is 0 Å². The molecule has 1 aliphatic rings. The van der Waals surface area contributed by atoms with Crippen molar-refractivity contribution in [3.63, 3.8) is 0 Å². The summed E-state index contributed by atoms with van der Waals surface area (Å²) in [6.45, 7) is 6.75. The number of nitrogens with zero attached hydrogens (tertiary/aromatic N) is 2. The number of ether oxygens (including phenoxy) is 1. The van der Waals surface area contributed by atoms with Crippen LogP contribution in [0.3, 0.4) is 0 Å². The molecule has 18 heavy (non-hydrogen) atoms. The van der Waals surface area contributed by atoms with Gasteiger partial charge in [-0.1, -0.05) is 11.6 Å². The molecule has 0 N–H and O–H groups in total. The number of hydrogen-bond donors (Lipinski definition) is 0. The highest BCUT2D eigenvalue weighted by atomic mass is 35.5. The van der Waals surface area contributed by atoms with E-state index in [1.165, 1.54) is 0 Å². The number of halogens is 1. The zero-order chi connectivity index (χ0) is 13.3. The minimum absolute atomic E-state index is 0.277. The molecule has 5 heteroatoms. The Hall–Kier alpha value is -1.29. The molecule has 0 bridgehead atoms. The van der Waals surface area contributed by atoms with E-state index in [0.29, 0.717) is 18.2 Å². The van der Waals surface area contributed by atoms with E-state index in [1.54, 1.807) is 11.1 Å². The molecule has 1 aromatic heterocycles. The lowest BCUT2D eigenvalue weighted by Crippen LogP contribution is -2.40. The zero-order valence-corrected chi connectivity index (χ0v) is 11.6. The van der Waals surface area contributed by atoms with Crippen molar-refractivity contribution < 1.29 is 9.53 Å². The van der Waals surface area contributed by atoms with E-state index < -0.39 is 5.60 Å². The highest BCUT2D eigenvalue weighted by molar-refractivity contribution is 6.30. The van der Waals surface area contributed by atoms with Crippen molar-refractivity contribution in [1.82, 2.24) is 9.88 Å². The van der Waals surface area contributed by atoms with Gasteiger partial charge >= 0.3 is 6.09 Å². The second kappa shape index (κ2) is 4.76. The number of fused-ring (bicyclic) bond motifs is 1. The molecule has 0 atom stereocenters. The number of carbonyl (C=O) groups excluding carboxylic acids is 1. The second-order valence-corrected chi connectivity index (χ2v) is 5.75. The van der Waals surface area contributed by atoms with Gasteiger partial charge in [-0.25, -0.2) is 9.78 Å². The first kappa shape index (κ1) is 13.1. The number of aromatic nitrogens is 1. The van der Waals surface area contributed by atoms with Crippen molar-refractivity contribution in [2.45, 2.75) is 39.3 Å². The Kier molecular flexibility index (Phi) is 3.48. The van der Waals surface area contributed by atoms with Gasteiger partial charge in [0.2, 0.25) is 0 Å². The van der Waals surface area contributed by atoms with E-state index in [0.717, 1.165) is 17.5 Å². The summed E-state index contributed by atoms with van der Waals surface area (Å²) >= 11 is 6.03. The lowest BCUT2D eigenvalue weighted by Gasteiger charge is -2.31. The van der Waals surface area contributed by atoms with Gasteiger partial charge in [0.25, 0.3) is 0 Å². The third-order valence-electron chi connectivity index (χ3n) is 2.74. The fourth-order valence-electron chi connectivity index (χ4n) is 1.93. The molecule has 2 rings (SSSR count). The van der Waals surface area contributed by atoms with Gasteiger partial charge < -0.3 is 9.64 Å². The quantitative estimate of drug-likeness (QED) is 0.679. The number of rotatable bonds is 0. The largest absolute Gasteiger partial charge is 0.444 e. The highest BCUT2D eigenvalue weighted by Crippen LogP contribution is 2.25. The number of carbonyl (C=O) groups is 1. The first-order valence-corrected chi connectivity index (χ1v) is 6.35. The fraction of sp³-hybridized carbons (Fsp3) is 0.538. The van der Waals surface area contributed by atoms with Crippen LogP contribution in [0.2, 0.25) is 5.15 Å². The molecule has 0 saturated heterocycles. The summed E-state index contributed by atoms with van der Waals surface area (Å²) in [7, 11) is 0. The maximum atomic E-state index is 12.0. The molecule has 2 heterocycles. The van der Waals surface area contributed by atoms with Gasteiger partial charge in [0.15, 0.2) is 0 Å². The molecular weight excluding hydrogens is 252 g/mol. The average molecular weight is 269 g/mol. The summed E-state index contributed by atoms with van der Waals surface area (Å²) in [4.78, 5) is 17.7. The molecule has 1 amide bonds. The molecule has 0 saturated carbocycles. The minimum Gasteiger partial charge on any atom is -0.444 e. The molecule has 0 aromatic carbocycles. The predicted molar refractivity (Wildman–Crippen MR) is 69.6 cm³/mol. The van der Waals surface area contributed by atoms with Crippen molar-refractivity contribution in [1.29, 1.82) is 0 Å². The second-order valence-electron chi connectivity index (χ2n) is 5.39. The van der Waals surface area contributed by atoms with Crippen LogP contribution in [0, 0.1) is 0 Å². The molecule has 1 aliphatic heterocycles. The SMILES string of the molecule is CC(C)(C)OC(=O)N1CCc2c(ccnc2Cl)C1. The lowest BCUT2D eigenvalue weighted by molar-refractivity contribution is 0.0224. The first-order valence-electron chi connectivity index (χ1n) is 5.97. The molecule has 4 nitrogen and oxygen atoms in total. The zero-order valence-electron chi connectivity index (χ0n) is 10.9. The molecule has 1 aromatic rings. The fourth-order valence-corrected chi connectivity index (χ4v) is 2.20. The smallest absolute Gasteiger partial charge is 0.410 e. The van der Waals surface area contributed by atoms with Crippen LogP contribution >= 0.6 is 11.6 Å². The summed E-state index contributed by atoms with van der Waals surface area (Å²) in [5.74, 6) is 0. The molecule has 0 unspecified atom stereocenters. The third-order valence-corrected chi connectivity index (χ3v) is 3.07. The molecule has 0 radical (unpaired) electrons. The number of amides is 1. The van der Waals surface area contributed by atoms with Crippen LogP contribution in [0.5, 0.6) is 0 Å². The van der Waals surface area contributed by atoms with Gasteiger partial charge in [0.05, 0.1) is 0 Å². The van der Waals surface area contributed by atoms with Gasteiger partial charge in [-0.2, -0.15) is 0 Å². The van der Waals surface area contributed by atoms with Crippen LogP contribution in [-0.2, 0) is 17.7 Å². The van der Waals surface area contributed by atoms with E-state index in [9.17, 15) is 4.79 Å². The van der Waals surface area contributed by atoms with Crippen LogP contribution < -0.4 is 0 Å². The normalized spacial score (nSPS) is 15.2. The monoisotopic (exact) mass is 268 g/mol. The Bertz CT molecular complexity index is 469. The Morgan fingerprint density at radius 2 is 2.22 bits per heavy atom. The van der Waals surface area contributed by atoms with Crippen LogP contribution in [-0.4, -0.2) is 28.1 Å². The Morgan fingerprint density at radius 1 is 1.50 bits per heavy atom. The molecule has 0 spiro atoms. The Morgan fingerprint density at radius 3 is 2.89 bits per heavy atom. The maximum absolute atomic E-state index is 12.0. The third kappa shape index (κ3) is 2.93. The first-order chi connectivity index (χ1) is 8.37. The minimum atomic E-state index is -0.465. The standard InChI is InChI=1S/C13H17ClN2O2/c1-13(2,3)18-12(17)16-7-5-10-9(8-16)4-6-15-11(10)14/h4,6H,5,7-8H2,1-3H3. The summed E-state index contributed by atoms with van der Waals surface area (Å²) < 4.78 is 5.36. The van der Waals surface area contributed by atoms with Crippen LogP contribution in [0.15, 0.2) is 12.3 Å². The van der Waals surface area contributed by atoms with Crippen molar-refractivity contribution in [3.05, 3.63) is 28.5 Å². The van der Waals surface area contributed by atoms with E-state index in [2.05, 4.69) is 4.98 Å². The van der Waals surface area contributed by atoms with Crippen molar-refractivity contribution in [2.75, 3.05) is 6.54 Å². The molecule has 98 valence electrons. The Labute approximate surface area is 112 Å². The molecular formula is C13H17ClN2O2. The van der Waals surface area contributed by atoms with Crippen LogP contribution in [0.25, 0.3) is 0 Å². The van der Waals surface area contributed by atoms with E-state index >= 15 is 0 Å². The average Bonchev–Trinajstić information content (AvgIpc) is 2.26. The van der Waals surface area contributed by atoms with Gasteiger partial charge in [0, 0.05) is 19.3 Å². The highest BCUT2D eigenvalue weighted by Gasteiger charge is 2.26. The Balaban J connectivity index is 2.11. The summed E-state index contributed by atoms with van der Waals surface area (Å²) in [5, 5.41) is 0.538. The molecule has 0 fully saturated rings. The summed E-state index contributed by atoms with van der Waals surface area (Å²) in [6, 6.07) is 1.90. The van der Waals surface area contributed by atoms with Crippen LogP contribution in [0.1, 0.15) is 31.9 Å². The summed E-state index contributed by atoms with van der Waals surface area (Å²) in [5.41, 5.74) is 1.62. The van der Waals surface area contributed by atoms with E-state index in [4.69, 9.17) is 16.3 Å². The van der Waals surface area contributed by atoms with E-state index in [1.807, 2.05) is 26.8 Å². The van der Waals surface area contributed by atoms with E-state index in [-0.39, 0.29) is 6.09 Å². The lowest BCUT2D eigenvalue weighted by atomic mass is 10.0. The van der Waals surface area contributed by atoms with Gasteiger partial charge in [-0.05, 0) is 44.4 Å². The van der Waals surface area contributed by atoms with Gasteiger partial charge in [-0.15, -0.1) is 0 Å². The maximum Gasteiger partial charge on any atom is 0.410 e. The van der Waals surface area contributed by atoms with Crippen molar-refractivity contribution in [2.24, 2.45) is 0 Å². The topological polar surface area (TPSA) is 42.4 Å². The van der Waals surface area contributed by atoms with Crippen molar-refractivity contribution in [3.8, 4) is 0 Å². The van der Waals surface area contributed by atoms with Crippen molar-refractivity contribution >= 4 is 17.7 Å².